The van der Waals surface area contributed by atoms with Crippen molar-refractivity contribution in [1.82, 2.24) is 9.88 Å². The predicted octanol–water partition coefficient (Wildman–Crippen LogP) is 2.02. The number of aryl methyl sites for hydroxylation is 1. The molecule has 0 fully saturated rings. The summed E-state index contributed by atoms with van der Waals surface area (Å²) in [6, 6.07) is 7.60. The molecule has 5 heteroatoms. The Morgan fingerprint density at radius 3 is 2.90 bits per heavy atom. The van der Waals surface area contributed by atoms with Gasteiger partial charge in [0.15, 0.2) is 0 Å². The molecule has 2 aromatic rings. The molecule has 1 unspecified atom stereocenters. The molecule has 2 N–H and O–H groups in total. The van der Waals surface area contributed by atoms with E-state index in [0.717, 1.165) is 10.9 Å². The Hall–Kier alpha value is -1.46. The summed E-state index contributed by atoms with van der Waals surface area (Å²) in [5, 5.41) is 13.8. The van der Waals surface area contributed by atoms with Crippen LogP contribution in [0.5, 0.6) is 0 Å². The van der Waals surface area contributed by atoms with E-state index < -0.39 is 5.60 Å². The molecule has 0 aliphatic rings. The first-order valence-electron chi connectivity index (χ1n) is 6.48. The lowest BCUT2D eigenvalue weighted by Crippen LogP contribution is -2.42. The van der Waals surface area contributed by atoms with Crippen LogP contribution in [0.25, 0.3) is 10.9 Å². The molecule has 0 saturated heterocycles. The average Bonchev–Trinajstić information content (AvgIpc) is 2.78. The molecule has 1 atom stereocenters. The first kappa shape index (κ1) is 14.9. The maximum Gasteiger partial charge on any atom is 0.252 e. The smallest absolute Gasteiger partial charge is 0.252 e. The van der Waals surface area contributed by atoms with Gasteiger partial charge in [-0.2, -0.15) is 11.8 Å². The second-order valence-corrected chi connectivity index (χ2v) is 6.14. The van der Waals surface area contributed by atoms with Gasteiger partial charge < -0.3 is 15.0 Å². The third-order valence-electron chi connectivity index (χ3n) is 3.26. The van der Waals surface area contributed by atoms with Gasteiger partial charge in [0.05, 0.1) is 5.60 Å². The third kappa shape index (κ3) is 3.16. The Kier molecular flexibility index (Phi) is 4.40. The van der Waals surface area contributed by atoms with Gasteiger partial charge in [-0.1, -0.05) is 6.07 Å². The van der Waals surface area contributed by atoms with E-state index in [9.17, 15) is 9.90 Å². The summed E-state index contributed by atoms with van der Waals surface area (Å²) in [4.78, 5) is 12.3. The van der Waals surface area contributed by atoms with Gasteiger partial charge in [0.2, 0.25) is 0 Å². The van der Waals surface area contributed by atoms with Gasteiger partial charge >= 0.3 is 0 Å². The summed E-state index contributed by atoms with van der Waals surface area (Å²) in [7, 11) is 1.95. The summed E-state index contributed by atoms with van der Waals surface area (Å²) in [6.07, 6.45) is 3.87. The molecule has 0 saturated carbocycles. The van der Waals surface area contributed by atoms with Gasteiger partial charge in [0.1, 0.15) is 0 Å². The Morgan fingerprint density at radius 1 is 1.45 bits per heavy atom. The minimum absolute atomic E-state index is 0.150. The lowest BCUT2D eigenvalue weighted by atomic mass is 10.1. The minimum Gasteiger partial charge on any atom is -0.387 e. The minimum atomic E-state index is -0.889. The molecule has 20 heavy (non-hydrogen) atoms. The highest BCUT2D eigenvalue weighted by molar-refractivity contribution is 7.98. The van der Waals surface area contributed by atoms with Gasteiger partial charge in [0.25, 0.3) is 5.91 Å². The zero-order chi connectivity index (χ0) is 14.8. The van der Waals surface area contributed by atoms with Gasteiger partial charge in [0, 0.05) is 42.0 Å². The summed E-state index contributed by atoms with van der Waals surface area (Å²) in [6.45, 7) is 1.97. The van der Waals surface area contributed by atoms with E-state index in [1.807, 2.05) is 42.3 Å². The predicted molar refractivity (Wildman–Crippen MR) is 84.3 cm³/mol. The average molecular weight is 292 g/mol. The number of aromatic nitrogens is 1. The first-order chi connectivity index (χ1) is 9.44. The van der Waals surface area contributed by atoms with Gasteiger partial charge in [-0.05, 0) is 31.4 Å². The van der Waals surface area contributed by atoms with Crippen LogP contribution in [0.4, 0.5) is 0 Å². The number of hydrogen-bond donors (Lipinski definition) is 2. The topological polar surface area (TPSA) is 54.3 Å². The number of nitrogens with one attached hydrogen (secondary N) is 1. The van der Waals surface area contributed by atoms with E-state index >= 15 is 0 Å². The van der Waals surface area contributed by atoms with Crippen LogP contribution >= 0.6 is 11.8 Å². The second-order valence-electron chi connectivity index (χ2n) is 5.28. The zero-order valence-electron chi connectivity index (χ0n) is 12.0. The number of nitrogens with zero attached hydrogens (tertiary/aromatic N) is 1. The van der Waals surface area contributed by atoms with E-state index in [1.54, 1.807) is 24.8 Å². The van der Waals surface area contributed by atoms with Crippen LogP contribution in [0.1, 0.15) is 17.3 Å². The van der Waals surface area contributed by atoms with Crippen LogP contribution in [0.2, 0.25) is 0 Å². The maximum atomic E-state index is 12.3. The quantitative estimate of drug-likeness (QED) is 0.886. The van der Waals surface area contributed by atoms with Crippen molar-refractivity contribution >= 4 is 28.6 Å². The number of aliphatic hydroxyl groups is 1. The molecule has 4 nitrogen and oxygen atoms in total. The first-order valence-corrected chi connectivity index (χ1v) is 7.87. The van der Waals surface area contributed by atoms with E-state index in [2.05, 4.69) is 5.32 Å². The van der Waals surface area contributed by atoms with Crippen molar-refractivity contribution in [2.24, 2.45) is 7.05 Å². The summed E-state index contributed by atoms with van der Waals surface area (Å²) >= 11 is 1.56. The van der Waals surface area contributed by atoms with Crippen LogP contribution in [0, 0.1) is 0 Å². The molecule has 2 rings (SSSR count). The van der Waals surface area contributed by atoms with E-state index in [4.69, 9.17) is 0 Å². The molecule has 0 spiro atoms. The molecule has 0 aliphatic carbocycles. The van der Waals surface area contributed by atoms with Gasteiger partial charge in [-0.3, -0.25) is 4.79 Å². The fourth-order valence-electron chi connectivity index (χ4n) is 2.23. The van der Waals surface area contributed by atoms with E-state index in [1.165, 1.54) is 0 Å². The van der Waals surface area contributed by atoms with E-state index in [0.29, 0.717) is 11.3 Å². The molecule has 1 heterocycles. The SMILES string of the molecule is CSCC(C)(O)CNC(=O)c1cccc2c1ccn2C. The molecule has 1 aromatic heterocycles. The molecule has 1 aromatic carbocycles. The van der Waals surface area contributed by atoms with Crippen LogP contribution in [-0.2, 0) is 7.05 Å². The van der Waals surface area contributed by atoms with E-state index in [-0.39, 0.29) is 12.5 Å². The molecule has 0 bridgehead atoms. The van der Waals surface area contributed by atoms with Crippen LogP contribution in [0.15, 0.2) is 30.5 Å². The molecule has 0 radical (unpaired) electrons. The summed E-state index contributed by atoms with van der Waals surface area (Å²) in [5.74, 6) is 0.436. The number of hydrogen-bond acceptors (Lipinski definition) is 3. The second kappa shape index (κ2) is 5.89. The van der Waals surface area contributed by atoms with Crippen LogP contribution in [-0.4, -0.2) is 39.7 Å². The monoisotopic (exact) mass is 292 g/mol. The molecule has 1 amide bonds. The third-order valence-corrected chi connectivity index (χ3v) is 4.17. The number of amides is 1. The Balaban J connectivity index is 2.16. The van der Waals surface area contributed by atoms with Crippen molar-refractivity contribution in [3.63, 3.8) is 0 Å². The van der Waals surface area contributed by atoms with Crippen molar-refractivity contribution in [2.75, 3.05) is 18.6 Å². The number of carbonyl (C=O) groups is 1. The lowest BCUT2D eigenvalue weighted by Gasteiger charge is -2.22. The number of benzene rings is 1. The van der Waals surface area contributed by atoms with Crippen LogP contribution < -0.4 is 5.32 Å². The molecular weight excluding hydrogens is 272 g/mol. The maximum absolute atomic E-state index is 12.3. The fourth-order valence-corrected chi connectivity index (χ4v) is 2.95. The Labute approximate surface area is 123 Å². The normalized spacial score (nSPS) is 14.2. The van der Waals surface area contributed by atoms with Crippen molar-refractivity contribution < 1.29 is 9.90 Å². The van der Waals surface area contributed by atoms with Crippen molar-refractivity contribution in [3.05, 3.63) is 36.0 Å². The Bertz CT molecular complexity index is 619. The highest BCUT2D eigenvalue weighted by Crippen LogP contribution is 2.19. The largest absolute Gasteiger partial charge is 0.387 e. The molecule has 108 valence electrons. The number of carbonyl (C=O) groups excluding carboxylic acids is 1. The zero-order valence-corrected chi connectivity index (χ0v) is 12.8. The van der Waals surface area contributed by atoms with Crippen molar-refractivity contribution in [1.29, 1.82) is 0 Å². The van der Waals surface area contributed by atoms with Gasteiger partial charge in [-0.15, -0.1) is 0 Å². The number of fused-ring (bicyclic) bond motifs is 1. The summed E-state index contributed by atoms with van der Waals surface area (Å²) in [5.41, 5.74) is 0.774. The Morgan fingerprint density at radius 2 is 2.20 bits per heavy atom. The summed E-state index contributed by atoms with van der Waals surface area (Å²) < 4.78 is 1.98. The van der Waals surface area contributed by atoms with Crippen molar-refractivity contribution in [2.45, 2.75) is 12.5 Å². The van der Waals surface area contributed by atoms with Gasteiger partial charge in [-0.25, -0.2) is 0 Å². The highest BCUT2D eigenvalue weighted by atomic mass is 32.2. The fraction of sp³-hybridized carbons (Fsp3) is 0.400. The number of thioether (sulfide) groups is 1. The van der Waals surface area contributed by atoms with Crippen LogP contribution in [0.3, 0.4) is 0 Å². The molecule has 0 aliphatic heterocycles. The molecular formula is C15H20N2O2S. The standard InChI is InChI=1S/C15H20N2O2S/c1-15(19,10-20-3)9-16-14(18)12-5-4-6-13-11(12)7-8-17(13)2/h4-8,19H,9-10H2,1-3H3,(H,16,18). The lowest BCUT2D eigenvalue weighted by molar-refractivity contribution is 0.0726. The number of rotatable bonds is 5. The highest BCUT2D eigenvalue weighted by Gasteiger charge is 2.21. The van der Waals surface area contributed by atoms with Crippen molar-refractivity contribution in [3.8, 4) is 0 Å².